The molecule has 0 bridgehead atoms. The zero-order chi connectivity index (χ0) is 25.8. The highest BCUT2D eigenvalue weighted by Crippen LogP contribution is 2.33. The number of aromatic nitrogens is 1. The Labute approximate surface area is 218 Å². The van der Waals surface area contributed by atoms with Gasteiger partial charge in [0.05, 0.1) is 24.6 Å². The molecule has 0 atom stereocenters. The predicted octanol–water partition coefficient (Wildman–Crippen LogP) is 6.64. The number of fused-ring (bicyclic) bond motifs is 1. The number of hydrogen-bond donors (Lipinski definition) is 1. The van der Waals surface area contributed by atoms with E-state index in [0.29, 0.717) is 11.4 Å². The first-order chi connectivity index (χ1) is 17.9. The molecular weight excluding hydrogens is 462 g/mol. The molecule has 1 N–H and O–H groups in total. The molecule has 0 radical (unpaired) electrons. The average Bonchev–Trinajstić information content (AvgIpc) is 2.90. The first kappa shape index (κ1) is 24.9. The maximum atomic E-state index is 12.8. The van der Waals surface area contributed by atoms with Crippen molar-refractivity contribution >= 4 is 22.6 Å². The Morgan fingerprint density at radius 3 is 2.49 bits per heavy atom. The van der Waals surface area contributed by atoms with Crippen molar-refractivity contribution in [1.82, 2.24) is 9.88 Å². The number of nitrogens with zero attached hydrogens (tertiary/aromatic N) is 2. The Bertz CT molecular complexity index is 1390. The second-order valence-electron chi connectivity index (χ2n) is 10.4. The highest BCUT2D eigenvalue weighted by molar-refractivity contribution is 6.06. The summed E-state index contributed by atoms with van der Waals surface area (Å²) in [6.45, 7) is 10.7. The van der Waals surface area contributed by atoms with Crippen LogP contribution in [0.1, 0.15) is 32.0 Å². The number of rotatable bonds is 5. The van der Waals surface area contributed by atoms with E-state index in [2.05, 4.69) is 49.2 Å². The molecule has 0 saturated carbocycles. The van der Waals surface area contributed by atoms with E-state index in [4.69, 9.17) is 14.5 Å². The van der Waals surface area contributed by atoms with Gasteiger partial charge in [-0.25, -0.2) is 4.79 Å². The van der Waals surface area contributed by atoms with Gasteiger partial charge in [0.2, 0.25) is 0 Å². The van der Waals surface area contributed by atoms with Gasteiger partial charge in [-0.2, -0.15) is 0 Å². The number of pyridine rings is 1. The van der Waals surface area contributed by atoms with Crippen LogP contribution in [0.2, 0.25) is 0 Å². The Balaban J connectivity index is 1.34. The van der Waals surface area contributed by atoms with E-state index < -0.39 is 6.09 Å². The average molecular weight is 496 g/mol. The number of nitrogens with one attached hydrogen (secondary N) is 1. The lowest BCUT2D eigenvalue weighted by Gasteiger charge is -2.26. The van der Waals surface area contributed by atoms with E-state index >= 15 is 0 Å². The lowest BCUT2D eigenvalue weighted by atomic mass is 9.87. The highest BCUT2D eigenvalue weighted by atomic mass is 16.6. The Morgan fingerprint density at radius 1 is 0.973 bits per heavy atom. The molecule has 37 heavy (non-hydrogen) atoms. The zero-order valence-corrected chi connectivity index (χ0v) is 21.7. The van der Waals surface area contributed by atoms with E-state index in [1.165, 1.54) is 0 Å². The van der Waals surface area contributed by atoms with Crippen molar-refractivity contribution in [2.24, 2.45) is 0 Å². The lowest BCUT2D eigenvalue weighted by molar-refractivity contribution is 0.0336. The summed E-state index contributed by atoms with van der Waals surface area (Å²) in [5.74, 6) is 0.522. The van der Waals surface area contributed by atoms with Gasteiger partial charge in [-0.15, -0.1) is 0 Å². The molecule has 6 heteroatoms. The second-order valence-corrected chi connectivity index (χ2v) is 10.4. The molecule has 1 amide bonds. The molecule has 0 unspecified atom stereocenters. The molecule has 2 heterocycles. The number of morpholine rings is 1. The number of carbonyl (C=O) groups excluding carboxylic acids is 1. The van der Waals surface area contributed by atoms with E-state index in [1.807, 2.05) is 54.7 Å². The molecule has 190 valence electrons. The molecule has 5 rings (SSSR count). The lowest BCUT2D eigenvalue weighted by Crippen LogP contribution is -2.35. The van der Waals surface area contributed by atoms with E-state index in [9.17, 15) is 4.79 Å². The second kappa shape index (κ2) is 10.7. The molecule has 1 aromatic heterocycles. The van der Waals surface area contributed by atoms with Crippen molar-refractivity contribution in [3.63, 3.8) is 0 Å². The smallest absolute Gasteiger partial charge is 0.410 e. The highest BCUT2D eigenvalue weighted by Gasteiger charge is 2.16. The SMILES string of the molecule is CC(C)(C)c1cccc(OC(=O)Nc2ccc(-c3ccc(CN4CCOCC4)nc3)c3ccccc23)c1. The molecule has 3 aromatic carbocycles. The van der Waals surface area contributed by atoms with Crippen molar-refractivity contribution < 1.29 is 14.3 Å². The monoisotopic (exact) mass is 495 g/mol. The Morgan fingerprint density at radius 2 is 1.76 bits per heavy atom. The summed E-state index contributed by atoms with van der Waals surface area (Å²) in [4.78, 5) is 19.9. The third kappa shape index (κ3) is 5.98. The van der Waals surface area contributed by atoms with Crippen LogP contribution in [0.5, 0.6) is 5.75 Å². The molecule has 1 aliphatic rings. The standard InChI is InChI=1S/C31H33N3O3/c1-31(2,3)23-7-6-8-25(19-23)37-30(35)33-29-14-13-26(27-9-4-5-10-28(27)29)22-11-12-24(32-20-22)21-34-15-17-36-18-16-34/h4-14,19-20H,15-18,21H2,1-3H3,(H,33,35). The summed E-state index contributed by atoms with van der Waals surface area (Å²) in [7, 11) is 0. The molecule has 1 saturated heterocycles. The summed E-state index contributed by atoms with van der Waals surface area (Å²) in [6.07, 6.45) is 1.42. The molecule has 0 aliphatic carbocycles. The third-order valence-electron chi connectivity index (χ3n) is 6.70. The summed E-state index contributed by atoms with van der Waals surface area (Å²) in [6, 6.07) is 23.9. The number of amides is 1. The fraction of sp³-hybridized carbons (Fsp3) is 0.290. The van der Waals surface area contributed by atoms with Crippen LogP contribution in [0.25, 0.3) is 21.9 Å². The van der Waals surface area contributed by atoms with E-state index in [-0.39, 0.29) is 5.41 Å². The maximum Gasteiger partial charge on any atom is 0.417 e. The minimum absolute atomic E-state index is 0.0303. The summed E-state index contributed by atoms with van der Waals surface area (Å²) >= 11 is 0. The normalized spacial score (nSPS) is 14.5. The number of anilines is 1. The number of ether oxygens (including phenoxy) is 2. The summed E-state index contributed by atoms with van der Waals surface area (Å²) < 4.78 is 11.1. The van der Waals surface area contributed by atoms with E-state index in [1.54, 1.807) is 6.07 Å². The van der Waals surface area contributed by atoms with Gasteiger partial charge in [0, 0.05) is 36.8 Å². The van der Waals surface area contributed by atoms with Crippen LogP contribution < -0.4 is 10.1 Å². The van der Waals surface area contributed by atoms with Crippen LogP contribution in [-0.2, 0) is 16.7 Å². The largest absolute Gasteiger partial charge is 0.417 e. The maximum absolute atomic E-state index is 12.8. The minimum atomic E-state index is -0.516. The van der Waals surface area contributed by atoms with Crippen LogP contribution in [0.4, 0.5) is 10.5 Å². The van der Waals surface area contributed by atoms with Gasteiger partial charge in [-0.3, -0.25) is 15.2 Å². The predicted molar refractivity (Wildman–Crippen MR) is 148 cm³/mol. The molecule has 1 aliphatic heterocycles. The van der Waals surface area contributed by atoms with Crippen molar-refractivity contribution in [3.05, 3.63) is 90.3 Å². The molecule has 0 spiro atoms. The van der Waals surface area contributed by atoms with Gasteiger partial charge in [-0.1, -0.05) is 69.3 Å². The van der Waals surface area contributed by atoms with Crippen molar-refractivity contribution in [2.75, 3.05) is 31.6 Å². The summed E-state index contributed by atoms with van der Waals surface area (Å²) in [5, 5.41) is 4.91. The van der Waals surface area contributed by atoms with Crippen molar-refractivity contribution in [3.8, 4) is 16.9 Å². The summed E-state index contributed by atoms with van der Waals surface area (Å²) in [5.41, 5.74) is 4.93. The van der Waals surface area contributed by atoms with Gasteiger partial charge in [-0.05, 0) is 46.2 Å². The molecule has 6 nitrogen and oxygen atoms in total. The Hall–Kier alpha value is -3.74. The number of benzene rings is 3. The van der Waals surface area contributed by atoms with Gasteiger partial charge < -0.3 is 9.47 Å². The van der Waals surface area contributed by atoms with Gasteiger partial charge >= 0.3 is 6.09 Å². The van der Waals surface area contributed by atoms with Gasteiger partial charge in [0.25, 0.3) is 0 Å². The fourth-order valence-corrected chi connectivity index (χ4v) is 4.59. The quantitative estimate of drug-likeness (QED) is 0.336. The van der Waals surface area contributed by atoms with Crippen LogP contribution in [0.15, 0.2) is 79.0 Å². The van der Waals surface area contributed by atoms with Gasteiger partial charge in [0.15, 0.2) is 0 Å². The van der Waals surface area contributed by atoms with Crippen molar-refractivity contribution in [1.29, 1.82) is 0 Å². The number of carbonyl (C=O) groups is 1. The Kier molecular flexibility index (Phi) is 7.22. The van der Waals surface area contributed by atoms with E-state index in [0.717, 1.165) is 66.0 Å². The van der Waals surface area contributed by atoms with Crippen LogP contribution in [0, 0.1) is 0 Å². The van der Waals surface area contributed by atoms with Crippen molar-refractivity contribution in [2.45, 2.75) is 32.7 Å². The molecule has 1 fully saturated rings. The fourth-order valence-electron chi connectivity index (χ4n) is 4.59. The minimum Gasteiger partial charge on any atom is -0.410 e. The third-order valence-corrected chi connectivity index (χ3v) is 6.70. The first-order valence-electron chi connectivity index (χ1n) is 12.7. The topological polar surface area (TPSA) is 63.7 Å². The van der Waals surface area contributed by atoms with Crippen LogP contribution in [0.3, 0.4) is 0 Å². The zero-order valence-electron chi connectivity index (χ0n) is 21.7. The molecular formula is C31H33N3O3. The number of hydrogen-bond acceptors (Lipinski definition) is 5. The van der Waals surface area contributed by atoms with Crippen LogP contribution in [-0.4, -0.2) is 42.3 Å². The first-order valence-corrected chi connectivity index (χ1v) is 12.7. The van der Waals surface area contributed by atoms with Gasteiger partial charge in [0.1, 0.15) is 5.75 Å². The van der Waals surface area contributed by atoms with Crippen LogP contribution >= 0.6 is 0 Å². The molecule has 4 aromatic rings.